The number of hydrogen-bond acceptors (Lipinski definition) is 5. The highest BCUT2D eigenvalue weighted by atomic mass is 16.6. The number of nitro benzene ring substituents is 1. The molecule has 0 spiro atoms. The number of rotatable bonds is 8. The van der Waals surface area contributed by atoms with E-state index in [4.69, 9.17) is 0 Å². The largest absolute Gasteiger partial charge is 0.503 e. The zero-order valence-electron chi connectivity index (χ0n) is 18.2. The second-order valence-electron chi connectivity index (χ2n) is 7.86. The molecule has 1 N–H and O–H groups in total. The van der Waals surface area contributed by atoms with E-state index in [1.807, 2.05) is 60.7 Å². The second kappa shape index (κ2) is 9.95. The maximum Gasteiger partial charge on any atom is 0.290 e. The summed E-state index contributed by atoms with van der Waals surface area (Å²) in [5.74, 6) is -1.84. The third-order valence-electron chi connectivity index (χ3n) is 5.68. The molecule has 7 heteroatoms. The average molecular weight is 454 g/mol. The Morgan fingerprint density at radius 1 is 1.00 bits per heavy atom. The molecule has 0 fully saturated rings. The Morgan fingerprint density at radius 3 is 2.35 bits per heavy atom. The second-order valence-corrected chi connectivity index (χ2v) is 7.86. The molecule has 1 amide bonds. The number of nitro groups is 1. The quantitative estimate of drug-likeness (QED) is 0.299. The van der Waals surface area contributed by atoms with Gasteiger partial charge >= 0.3 is 0 Å². The first-order valence-electron chi connectivity index (χ1n) is 10.8. The molecule has 1 heterocycles. The van der Waals surface area contributed by atoms with Gasteiger partial charge in [-0.25, -0.2) is 0 Å². The molecular weight excluding hydrogens is 432 g/mol. The molecule has 0 aromatic heterocycles. The summed E-state index contributed by atoms with van der Waals surface area (Å²) in [6.07, 6.45) is 3.40. The Labute approximate surface area is 196 Å². The molecule has 1 aliphatic heterocycles. The van der Waals surface area contributed by atoms with E-state index >= 15 is 0 Å². The molecular formula is C27H22N2O5. The molecule has 0 saturated carbocycles. The van der Waals surface area contributed by atoms with Crippen LogP contribution >= 0.6 is 0 Å². The number of non-ortho nitro benzene ring substituents is 1. The van der Waals surface area contributed by atoms with Crippen LogP contribution in [-0.4, -0.2) is 33.2 Å². The predicted molar refractivity (Wildman–Crippen MR) is 128 cm³/mol. The van der Waals surface area contributed by atoms with E-state index in [-0.39, 0.29) is 17.8 Å². The van der Waals surface area contributed by atoms with Crippen molar-refractivity contribution in [3.63, 3.8) is 0 Å². The van der Waals surface area contributed by atoms with Crippen LogP contribution in [0.25, 0.3) is 6.08 Å². The van der Waals surface area contributed by atoms with Gasteiger partial charge in [0.15, 0.2) is 11.5 Å². The number of benzene rings is 3. The Balaban J connectivity index is 1.71. The number of carbonyl (C=O) groups is 2. The summed E-state index contributed by atoms with van der Waals surface area (Å²) in [6, 6.07) is 23.5. The van der Waals surface area contributed by atoms with Crippen LogP contribution in [0.5, 0.6) is 0 Å². The number of allylic oxidation sites excluding steroid dienone is 1. The maximum absolute atomic E-state index is 13.2. The van der Waals surface area contributed by atoms with Gasteiger partial charge < -0.3 is 10.0 Å². The zero-order chi connectivity index (χ0) is 24.1. The molecule has 4 rings (SSSR count). The van der Waals surface area contributed by atoms with Crippen LogP contribution in [0.15, 0.2) is 102 Å². The van der Waals surface area contributed by atoms with Gasteiger partial charge in [-0.15, -0.1) is 0 Å². The van der Waals surface area contributed by atoms with Crippen LogP contribution in [0.1, 0.15) is 22.7 Å². The minimum atomic E-state index is -0.941. The first-order valence-corrected chi connectivity index (χ1v) is 10.8. The maximum atomic E-state index is 13.2. The normalized spacial score (nSPS) is 15.8. The van der Waals surface area contributed by atoms with Crippen LogP contribution < -0.4 is 0 Å². The summed E-state index contributed by atoms with van der Waals surface area (Å²) in [7, 11) is 0. The van der Waals surface area contributed by atoms with Crippen LogP contribution in [0.3, 0.4) is 0 Å². The molecule has 1 atom stereocenters. The van der Waals surface area contributed by atoms with E-state index in [1.165, 1.54) is 29.2 Å². The summed E-state index contributed by atoms with van der Waals surface area (Å²) < 4.78 is 0. The Morgan fingerprint density at radius 2 is 1.68 bits per heavy atom. The van der Waals surface area contributed by atoms with Crippen molar-refractivity contribution in [3.05, 3.63) is 129 Å². The van der Waals surface area contributed by atoms with Crippen molar-refractivity contribution in [2.75, 3.05) is 6.54 Å². The molecule has 0 saturated heterocycles. The standard InChI is InChI=1S/C27H22N2O5/c30-23(15-14-19-8-3-1-4-9-19)24-25(21-12-7-13-22(18-21)29(33)34)28(27(32)26(24)31)17-16-20-10-5-2-6-11-20/h1-15,18,25,31H,16-17H2. The number of nitrogens with zero attached hydrogens (tertiary/aromatic N) is 2. The van der Waals surface area contributed by atoms with Crippen molar-refractivity contribution < 1.29 is 19.6 Å². The lowest BCUT2D eigenvalue weighted by Gasteiger charge is -2.26. The lowest BCUT2D eigenvalue weighted by atomic mass is 9.95. The molecule has 34 heavy (non-hydrogen) atoms. The number of aliphatic hydroxyl groups is 1. The molecule has 170 valence electrons. The van der Waals surface area contributed by atoms with Crippen LogP contribution in [0, 0.1) is 10.1 Å². The van der Waals surface area contributed by atoms with Crippen LogP contribution in [0.4, 0.5) is 5.69 Å². The fraction of sp³-hybridized carbons (Fsp3) is 0.111. The van der Waals surface area contributed by atoms with E-state index in [0.29, 0.717) is 12.0 Å². The van der Waals surface area contributed by atoms with Gasteiger partial charge in [-0.3, -0.25) is 19.7 Å². The Hall–Kier alpha value is -4.52. The Kier molecular flexibility index (Phi) is 6.64. The smallest absolute Gasteiger partial charge is 0.290 e. The minimum Gasteiger partial charge on any atom is -0.503 e. The summed E-state index contributed by atoms with van der Waals surface area (Å²) in [5, 5.41) is 22.1. The van der Waals surface area contributed by atoms with Crippen molar-refractivity contribution in [3.8, 4) is 0 Å². The highest BCUT2D eigenvalue weighted by Gasteiger charge is 2.43. The van der Waals surface area contributed by atoms with Crippen molar-refractivity contribution in [1.82, 2.24) is 4.90 Å². The van der Waals surface area contributed by atoms with E-state index in [0.717, 1.165) is 11.1 Å². The van der Waals surface area contributed by atoms with Gasteiger partial charge in [0.1, 0.15) is 0 Å². The molecule has 7 nitrogen and oxygen atoms in total. The van der Waals surface area contributed by atoms with Gasteiger partial charge in [0, 0.05) is 18.7 Å². The Bertz CT molecular complexity index is 1280. The van der Waals surface area contributed by atoms with Crippen molar-refractivity contribution >= 4 is 23.5 Å². The molecule has 3 aromatic carbocycles. The van der Waals surface area contributed by atoms with Crippen molar-refractivity contribution in [2.24, 2.45) is 0 Å². The predicted octanol–water partition coefficient (Wildman–Crippen LogP) is 4.82. The summed E-state index contributed by atoms with van der Waals surface area (Å²) >= 11 is 0. The minimum absolute atomic E-state index is 0.0919. The summed E-state index contributed by atoms with van der Waals surface area (Å²) in [4.78, 5) is 38.4. The van der Waals surface area contributed by atoms with Gasteiger partial charge in [0.2, 0.25) is 0 Å². The van der Waals surface area contributed by atoms with Crippen molar-refractivity contribution in [2.45, 2.75) is 12.5 Å². The SMILES string of the molecule is O=C(C=Cc1ccccc1)C1=C(O)C(=O)N(CCc2ccccc2)C1c1cccc([N+](=O)[O-])c1. The molecule has 0 radical (unpaired) electrons. The third kappa shape index (κ3) is 4.78. The van der Waals surface area contributed by atoms with E-state index in [1.54, 1.807) is 12.1 Å². The van der Waals surface area contributed by atoms with Crippen molar-refractivity contribution in [1.29, 1.82) is 0 Å². The molecule has 1 aliphatic rings. The fourth-order valence-corrected chi connectivity index (χ4v) is 4.01. The molecule has 0 aliphatic carbocycles. The van der Waals surface area contributed by atoms with E-state index < -0.39 is 28.4 Å². The average Bonchev–Trinajstić information content (AvgIpc) is 3.12. The lowest BCUT2D eigenvalue weighted by Crippen LogP contribution is -2.33. The first-order chi connectivity index (χ1) is 16.5. The zero-order valence-corrected chi connectivity index (χ0v) is 18.2. The topological polar surface area (TPSA) is 101 Å². The summed E-state index contributed by atoms with van der Waals surface area (Å²) in [6.45, 7) is 0.222. The number of aliphatic hydroxyl groups excluding tert-OH is 1. The van der Waals surface area contributed by atoms with Gasteiger partial charge in [-0.1, -0.05) is 78.9 Å². The van der Waals surface area contributed by atoms with Crippen LogP contribution in [0.2, 0.25) is 0 Å². The lowest BCUT2D eigenvalue weighted by molar-refractivity contribution is -0.384. The third-order valence-corrected chi connectivity index (χ3v) is 5.68. The highest BCUT2D eigenvalue weighted by molar-refractivity contribution is 6.14. The van der Waals surface area contributed by atoms with E-state index in [2.05, 4.69) is 0 Å². The van der Waals surface area contributed by atoms with E-state index in [9.17, 15) is 24.8 Å². The molecule has 3 aromatic rings. The monoisotopic (exact) mass is 454 g/mol. The number of ketones is 1. The van der Waals surface area contributed by atoms with Crippen LogP contribution in [-0.2, 0) is 16.0 Å². The summed E-state index contributed by atoms with van der Waals surface area (Å²) in [5.41, 5.74) is 1.90. The number of hydrogen-bond donors (Lipinski definition) is 1. The number of carbonyl (C=O) groups excluding carboxylic acids is 2. The van der Waals surface area contributed by atoms with Gasteiger partial charge in [0.25, 0.3) is 11.6 Å². The highest BCUT2D eigenvalue weighted by Crippen LogP contribution is 2.39. The van der Waals surface area contributed by atoms with Gasteiger partial charge in [-0.2, -0.15) is 0 Å². The number of amides is 1. The van der Waals surface area contributed by atoms with Gasteiger partial charge in [-0.05, 0) is 29.2 Å². The molecule has 0 bridgehead atoms. The van der Waals surface area contributed by atoms with Gasteiger partial charge in [0.05, 0.1) is 16.5 Å². The fourth-order valence-electron chi connectivity index (χ4n) is 4.01. The molecule has 1 unspecified atom stereocenters. The first kappa shape index (κ1) is 22.7.